The lowest BCUT2D eigenvalue weighted by molar-refractivity contribution is -0.144. The number of esters is 1. The van der Waals surface area contributed by atoms with Gasteiger partial charge in [-0.1, -0.05) is 18.2 Å². The smallest absolute Gasteiger partial charge is 0.306 e. The van der Waals surface area contributed by atoms with Crippen LogP contribution in [0.15, 0.2) is 24.3 Å². The molecule has 98 valence electrons. The lowest BCUT2D eigenvalue weighted by Crippen LogP contribution is -2.08. The van der Waals surface area contributed by atoms with Crippen molar-refractivity contribution in [3.05, 3.63) is 35.6 Å². The molecule has 0 unspecified atom stereocenters. The highest BCUT2D eigenvalue weighted by atomic mass is 19.1. The van der Waals surface area contributed by atoms with E-state index >= 15 is 0 Å². The number of halogens is 1. The number of Topliss-reactive ketones (excluding diaryl/α,β-unsaturated/α-hetero) is 1. The molecule has 0 aliphatic heterocycles. The van der Waals surface area contributed by atoms with Crippen molar-refractivity contribution in [3.63, 3.8) is 0 Å². The fraction of sp³-hybridized carbons (Fsp3) is 0.429. The van der Waals surface area contributed by atoms with Gasteiger partial charge in [0.15, 0.2) is 0 Å². The van der Waals surface area contributed by atoms with Gasteiger partial charge < -0.3 is 9.53 Å². The summed E-state index contributed by atoms with van der Waals surface area (Å²) < 4.78 is 18.2. The van der Waals surface area contributed by atoms with E-state index in [1.165, 1.54) is 13.0 Å². The highest BCUT2D eigenvalue weighted by molar-refractivity contribution is 5.75. The Bertz CT molecular complexity index is 415. The summed E-state index contributed by atoms with van der Waals surface area (Å²) in [5.41, 5.74) is 0.512. The molecule has 0 radical (unpaired) electrons. The monoisotopic (exact) mass is 252 g/mol. The van der Waals surface area contributed by atoms with Gasteiger partial charge in [0.1, 0.15) is 11.6 Å². The largest absolute Gasteiger partial charge is 0.466 e. The average Bonchev–Trinajstić information content (AvgIpc) is 2.33. The van der Waals surface area contributed by atoms with Crippen molar-refractivity contribution in [1.29, 1.82) is 0 Å². The van der Waals surface area contributed by atoms with Crippen molar-refractivity contribution < 1.29 is 18.7 Å². The first-order valence-electron chi connectivity index (χ1n) is 5.98. The molecule has 0 heterocycles. The van der Waals surface area contributed by atoms with Crippen molar-refractivity contribution in [1.82, 2.24) is 0 Å². The maximum atomic E-state index is 13.2. The van der Waals surface area contributed by atoms with Gasteiger partial charge in [-0.05, 0) is 31.4 Å². The molecule has 0 N–H and O–H groups in total. The Morgan fingerprint density at radius 2 is 1.94 bits per heavy atom. The molecule has 1 aromatic rings. The molecule has 0 aromatic heterocycles. The van der Waals surface area contributed by atoms with E-state index in [9.17, 15) is 14.0 Å². The van der Waals surface area contributed by atoms with Crippen LogP contribution in [0, 0.1) is 5.82 Å². The highest BCUT2D eigenvalue weighted by Gasteiger charge is 2.06. The molecule has 0 atom stereocenters. The molecule has 0 bridgehead atoms. The zero-order valence-corrected chi connectivity index (χ0v) is 10.4. The summed E-state index contributed by atoms with van der Waals surface area (Å²) in [5.74, 6) is -0.582. The van der Waals surface area contributed by atoms with E-state index in [0.29, 0.717) is 24.8 Å². The molecule has 0 amide bonds. The van der Waals surface area contributed by atoms with Crippen LogP contribution in [0.3, 0.4) is 0 Å². The number of hydrogen-bond donors (Lipinski definition) is 0. The number of aryl methyl sites for hydroxylation is 1. The summed E-state index contributed by atoms with van der Waals surface area (Å²) in [7, 11) is 0. The van der Waals surface area contributed by atoms with Crippen LogP contribution in [-0.4, -0.2) is 18.4 Å². The van der Waals surface area contributed by atoms with E-state index in [1.807, 2.05) is 0 Å². The first-order chi connectivity index (χ1) is 8.59. The van der Waals surface area contributed by atoms with Gasteiger partial charge in [0.25, 0.3) is 0 Å². The Labute approximate surface area is 106 Å². The van der Waals surface area contributed by atoms with Crippen LogP contribution in [0.1, 0.15) is 31.7 Å². The summed E-state index contributed by atoms with van der Waals surface area (Å²) in [5, 5.41) is 0. The summed E-state index contributed by atoms with van der Waals surface area (Å²) in [6.07, 6.45) is 1.45. The third-order valence-electron chi connectivity index (χ3n) is 2.49. The Balaban J connectivity index is 2.21. The average molecular weight is 252 g/mol. The van der Waals surface area contributed by atoms with E-state index in [2.05, 4.69) is 0 Å². The number of ether oxygens (including phenoxy) is 1. The normalized spacial score (nSPS) is 10.1. The molecule has 0 aliphatic carbocycles. The molecule has 0 saturated carbocycles. The van der Waals surface area contributed by atoms with E-state index in [1.54, 1.807) is 18.2 Å². The molecule has 1 aromatic carbocycles. The lowest BCUT2D eigenvalue weighted by Gasteiger charge is -2.04. The molecule has 0 aliphatic rings. The van der Waals surface area contributed by atoms with Crippen molar-refractivity contribution in [3.8, 4) is 0 Å². The highest BCUT2D eigenvalue weighted by Crippen LogP contribution is 2.09. The molecule has 3 nitrogen and oxygen atoms in total. The second-order valence-corrected chi connectivity index (χ2v) is 4.12. The lowest BCUT2D eigenvalue weighted by atomic mass is 10.1. The third-order valence-corrected chi connectivity index (χ3v) is 2.49. The van der Waals surface area contributed by atoms with E-state index < -0.39 is 0 Å². The number of rotatable bonds is 7. The Morgan fingerprint density at radius 3 is 2.61 bits per heavy atom. The predicted octanol–water partition coefficient (Wildman–Crippen LogP) is 2.67. The minimum absolute atomic E-state index is 0.0809. The van der Waals surface area contributed by atoms with Crippen LogP contribution < -0.4 is 0 Å². The maximum Gasteiger partial charge on any atom is 0.306 e. The predicted molar refractivity (Wildman–Crippen MR) is 65.6 cm³/mol. The molecule has 18 heavy (non-hydrogen) atoms. The van der Waals surface area contributed by atoms with Crippen molar-refractivity contribution in [2.24, 2.45) is 0 Å². The van der Waals surface area contributed by atoms with Crippen LogP contribution in [0.2, 0.25) is 0 Å². The van der Waals surface area contributed by atoms with Crippen molar-refractivity contribution in [2.75, 3.05) is 6.61 Å². The molecular formula is C14H17FO3. The molecular weight excluding hydrogens is 235 g/mol. The van der Waals surface area contributed by atoms with Gasteiger partial charge in [-0.25, -0.2) is 4.39 Å². The van der Waals surface area contributed by atoms with E-state index in [0.717, 1.165) is 0 Å². The minimum atomic E-state index is -0.359. The van der Waals surface area contributed by atoms with Gasteiger partial charge >= 0.3 is 5.97 Å². The zero-order valence-electron chi connectivity index (χ0n) is 10.4. The van der Waals surface area contributed by atoms with E-state index in [-0.39, 0.29) is 30.6 Å². The number of hydrogen-bond acceptors (Lipinski definition) is 3. The van der Waals surface area contributed by atoms with Crippen molar-refractivity contribution >= 4 is 11.8 Å². The third kappa shape index (κ3) is 5.57. The summed E-state index contributed by atoms with van der Waals surface area (Å²) in [6, 6.07) is 6.36. The van der Waals surface area contributed by atoms with Crippen molar-refractivity contribution in [2.45, 2.75) is 32.6 Å². The Hall–Kier alpha value is -1.71. The van der Waals surface area contributed by atoms with Gasteiger partial charge in [0, 0.05) is 12.8 Å². The fourth-order valence-electron chi connectivity index (χ4n) is 1.52. The first kappa shape index (κ1) is 14.4. The summed E-state index contributed by atoms with van der Waals surface area (Å²) in [6.45, 7) is 1.75. The number of carbonyl (C=O) groups excluding carboxylic acids is 2. The van der Waals surface area contributed by atoms with Gasteiger partial charge in [-0.3, -0.25) is 4.79 Å². The minimum Gasteiger partial charge on any atom is -0.466 e. The van der Waals surface area contributed by atoms with Crippen LogP contribution in [-0.2, 0) is 20.7 Å². The Kier molecular flexibility index (Phi) is 6.05. The van der Waals surface area contributed by atoms with Gasteiger partial charge in [-0.2, -0.15) is 0 Å². The Morgan fingerprint density at radius 1 is 1.22 bits per heavy atom. The number of carbonyl (C=O) groups is 2. The van der Waals surface area contributed by atoms with Gasteiger partial charge in [0.05, 0.1) is 6.61 Å². The standard InChI is InChI=1S/C14H17FO3/c1-11(16)5-4-10-18-14(17)9-8-12-6-2-3-7-13(12)15/h2-3,6-7H,4-5,8-10H2,1H3. The summed E-state index contributed by atoms with van der Waals surface area (Å²) in [4.78, 5) is 22.0. The van der Waals surface area contributed by atoms with Crippen LogP contribution >= 0.6 is 0 Å². The number of ketones is 1. The topological polar surface area (TPSA) is 43.4 Å². The quantitative estimate of drug-likeness (QED) is 0.553. The van der Waals surface area contributed by atoms with Crippen LogP contribution in [0.4, 0.5) is 4.39 Å². The molecule has 0 spiro atoms. The molecule has 4 heteroatoms. The first-order valence-corrected chi connectivity index (χ1v) is 5.98. The number of benzene rings is 1. The second-order valence-electron chi connectivity index (χ2n) is 4.12. The maximum absolute atomic E-state index is 13.2. The molecule has 1 rings (SSSR count). The summed E-state index contributed by atoms with van der Waals surface area (Å²) >= 11 is 0. The molecule has 0 fully saturated rings. The van der Waals surface area contributed by atoms with E-state index in [4.69, 9.17) is 4.74 Å². The molecule has 0 saturated heterocycles. The second kappa shape index (κ2) is 7.58. The van der Waals surface area contributed by atoms with Crippen LogP contribution in [0.25, 0.3) is 0 Å². The SMILES string of the molecule is CC(=O)CCCOC(=O)CCc1ccccc1F. The van der Waals surface area contributed by atoms with Gasteiger partial charge in [0.2, 0.25) is 0 Å². The fourth-order valence-corrected chi connectivity index (χ4v) is 1.52. The zero-order chi connectivity index (χ0) is 13.4. The van der Waals surface area contributed by atoms with Gasteiger partial charge in [-0.15, -0.1) is 0 Å². The van der Waals surface area contributed by atoms with Crippen LogP contribution in [0.5, 0.6) is 0 Å².